The number of nitrogens with one attached hydrogen (secondary N) is 1. The van der Waals surface area contributed by atoms with Crippen LogP contribution in [0.25, 0.3) is 0 Å². The first-order valence-corrected chi connectivity index (χ1v) is 9.22. The predicted molar refractivity (Wildman–Crippen MR) is 94.5 cm³/mol. The van der Waals surface area contributed by atoms with Crippen molar-refractivity contribution >= 4 is 39.9 Å². The van der Waals surface area contributed by atoms with E-state index < -0.39 is 0 Å². The summed E-state index contributed by atoms with van der Waals surface area (Å²) in [4.78, 5) is 43.5. The third-order valence-corrected chi connectivity index (χ3v) is 5.57. The van der Waals surface area contributed by atoms with Gasteiger partial charge in [-0.15, -0.1) is 11.3 Å². The molecule has 1 aromatic heterocycles. The minimum atomic E-state index is -0.374. The normalized spacial score (nSPS) is 22.8. The quantitative estimate of drug-likeness (QED) is 0.858. The van der Waals surface area contributed by atoms with E-state index in [1.54, 1.807) is 35.8 Å². The Labute approximate surface area is 148 Å². The fraction of sp³-hybridized carbons (Fsp3) is 0.333. The summed E-state index contributed by atoms with van der Waals surface area (Å²) in [6.07, 6.45) is 5.04. The molecule has 2 fully saturated rings. The molecule has 2 heterocycles. The molecule has 2 aromatic rings. The van der Waals surface area contributed by atoms with Gasteiger partial charge in [0.15, 0.2) is 5.13 Å². The largest absolute Gasteiger partial charge is 0.298 e. The number of imide groups is 1. The Hall–Kier alpha value is -2.54. The van der Waals surface area contributed by atoms with Crippen LogP contribution in [0.1, 0.15) is 36.0 Å². The highest BCUT2D eigenvalue weighted by molar-refractivity contribution is 7.13. The second kappa shape index (κ2) is 6.40. The van der Waals surface area contributed by atoms with Crippen molar-refractivity contribution in [3.63, 3.8) is 0 Å². The van der Waals surface area contributed by atoms with Crippen LogP contribution in [0.5, 0.6) is 0 Å². The van der Waals surface area contributed by atoms with E-state index in [9.17, 15) is 14.4 Å². The number of nitrogens with zero attached hydrogens (tertiary/aromatic N) is 2. The van der Waals surface area contributed by atoms with Crippen LogP contribution in [-0.4, -0.2) is 22.7 Å². The van der Waals surface area contributed by atoms with Gasteiger partial charge in [-0.3, -0.25) is 19.7 Å². The molecule has 2 unspecified atom stereocenters. The number of fused-ring (bicyclic) bond motifs is 1. The van der Waals surface area contributed by atoms with Crippen LogP contribution in [-0.2, 0) is 9.59 Å². The Bertz CT molecular complexity index is 810. The molecule has 1 aromatic carbocycles. The third-order valence-electron chi connectivity index (χ3n) is 4.88. The van der Waals surface area contributed by atoms with Gasteiger partial charge in [0, 0.05) is 11.6 Å². The number of anilines is 2. The molecule has 128 valence electrons. The van der Waals surface area contributed by atoms with Crippen molar-refractivity contribution < 1.29 is 14.4 Å². The zero-order valence-corrected chi connectivity index (χ0v) is 14.3. The molecule has 0 bridgehead atoms. The van der Waals surface area contributed by atoms with Crippen molar-refractivity contribution in [2.45, 2.75) is 25.7 Å². The first-order valence-electron chi connectivity index (χ1n) is 8.34. The van der Waals surface area contributed by atoms with Crippen LogP contribution >= 0.6 is 11.3 Å². The first-order chi connectivity index (χ1) is 12.2. The predicted octanol–water partition coefficient (Wildman–Crippen LogP) is 3.08. The van der Waals surface area contributed by atoms with Gasteiger partial charge >= 0.3 is 0 Å². The monoisotopic (exact) mass is 355 g/mol. The molecule has 1 saturated heterocycles. The van der Waals surface area contributed by atoms with Crippen LogP contribution in [0.15, 0.2) is 35.8 Å². The van der Waals surface area contributed by atoms with Gasteiger partial charge in [0.25, 0.3) is 5.91 Å². The van der Waals surface area contributed by atoms with Gasteiger partial charge in [-0.05, 0) is 25.0 Å². The maximum atomic E-state index is 12.8. The zero-order valence-electron chi connectivity index (χ0n) is 13.5. The lowest BCUT2D eigenvalue weighted by molar-refractivity contribution is -0.122. The van der Waals surface area contributed by atoms with Crippen LogP contribution in [0.2, 0.25) is 0 Å². The second-order valence-electron chi connectivity index (χ2n) is 6.32. The van der Waals surface area contributed by atoms with Crippen molar-refractivity contribution in [2.24, 2.45) is 11.8 Å². The van der Waals surface area contributed by atoms with Crippen LogP contribution in [0, 0.1) is 11.8 Å². The molecule has 2 aliphatic rings. The third kappa shape index (κ3) is 2.74. The van der Waals surface area contributed by atoms with Gasteiger partial charge in [-0.2, -0.15) is 0 Å². The smallest absolute Gasteiger partial charge is 0.259 e. The molecule has 3 amide bonds. The highest BCUT2D eigenvalue weighted by Crippen LogP contribution is 2.40. The van der Waals surface area contributed by atoms with Crippen LogP contribution in [0.4, 0.5) is 10.8 Å². The number of carbonyl (C=O) groups excluding carboxylic acids is 3. The maximum Gasteiger partial charge on any atom is 0.259 e. The average molecular weight is 355 g/mol. The van der Waals surface area contributed by atoms with E-state index in [1.165, 1.54) is 16.2 Å². The number of para-hydroxylation sites is 1. The molecule has 1 aliphatic heterocycles. The molecule has 0 spiro atoms. The van der Waals surface area contributed by atoms with E-state index in [2.05, 4.69) is 10.3 Å². The Morgan fingerprint density at radius 2 is 1.80 bits per heavy atom. The van der Waals surface area contributed by atoms with Crippen molar-refractivity contribution in [1.82, 2.24) is 4.98 Å². The van der Waals surface area contributed by atoms with Crippen LogP contribution < -0.4 is 10.2 Å². The van der Waals surface area contributed by atoms with E-state index in [0.717, 1.165) is 25.7 Å². The molecule has 6 nitrogen and oxygen atoms in total. The molecule has 1 aliphatic carbocycles. The summed E-state index contributed by atoms with van der Waals surface area (Å²) in [5.74, 6) is -1.21. The summed E-state index contributed by atoms with van der Waals surface area (Å²) < 4.78 is 0. The summed E-state index contributed by atoms with van der Waals surface area (Å²) in [6, 6.07) is 6.74. The minimum Gasteiger partial charge on any atom is -0.298 e. The maximum absolute atomic E-state index is 12.8. The van der Waals surface area contributed by atoms with Gasteiger partial charge in [0.2, 0.25) is 11.8 Å². The first kappa shape index (κ1) is 16.0. The molecule has 4 rings (SSSR count). The van der Waals surface area contributed by atoms with E-state index >= 15 is 0 Å². The minimum absolute atomic E-state index is 0.177. The Morgan fingerprint density at radius 1 is 1.12 bits per heavy atom. The number of amides is 3. The zero-order chi connectivity index (χ0) is 17.4. The average Bonchev–Trinajstić information content (AvgIpc) is 3.23. The lowest BCUT2D eigenvalue weighted by Crippen LogP contribution is -2.32. The summed E-state index contributed by atoms with van der Waals surface area (Å²) >= 11 is 1.31. The van der Waals surface area contributed by atoms with E-state index in [1.807, 2.05) is 0 Å². The van der Waals surface area contributed by atoms with Gasteiger partial charge < -0.3 is 0 Å². The molecule has 1 saturated carbocycles. The summed E-state index contributed by atoms with van der Waals surface area (Å²) in [5.41, 5.74) is 0.666. The SMILES string of the molecule is O=C(Nc1nccs1)c1ccccc1N1C(=O)C2CCCCC2C1=O. The van der Waals surface area contributed by atoms with Crippen LogP contribution in [0.3, 0.4) is 0 Å². The Kier molecular flexibility index (Phi) is 4.09. The van der Waals surface area contributed by atoms with Crippen molar-refractivity contribution in [3.8, 4) is 0 Å². The fourth-order valence-corrected chi connectivity index (χ4v) is 4.23. The van der Waals surface area contributed by atoms with Gasteiger partial charge in [-0.1, -0.05) is 25.0 Å². The molecule has 1 N–H and O–H groups in total. The molecular weight excluding hydrogens is 338 g/mol. The van der Waals surface area contributed by atoms with Crippen molar-refractivity contribution in [2.75, 3.05) is 10.2 Å². The Balaban J connectivity index is 1.68. The number of hydrogen-bond acceptors (Lipinski definition) is 5. The van der Waals surface area contributed by atoms with Gasteiger partial charge in [-0.25, -0.2) is 9.88 Å². The number of carbonyl (C=O) groups is 3. The van der Waals surface area contributed by atoms with Gasteiger partial charge in [0.1, 0.15) is 0 Å². The molecule has 7 heteroatoms. The number of aromatic nitrogens is 1. The number of thiazole rings is 1. The second-order valence-corrected chi connectivity index (χ2v) is 7.21. The highest BCUT2D eigenvalue weighted by Gasteiger charge is 2.49. The topological polar surface area (TPSA) is 79.4 Å². The molecule has 25 heavy (non-hydrogen) atoms. The van der Waals surface area contributed by atoms with E-state index in [-0.39, 0.29) is 29.6 Å². The fourth-order valence-electron chi connectivity index (χ4n) is 3.71. The lowest BCUT2D eigenvalue weighted by Gasteiger charge is -2.19. The molecular formula is C18H17N3O3S. The summed E-state index contributed by atoms with van der Waals surface area (Å²) in [5, 5.41) is 4.96. The number of rotatable bonds is 3. The van der Waals surface area contributed by atoms with Crippen molar-refractivity contribution in [3.05, 3.63) is 41.4 Å². The Morgan fingerprint density at radius 3 is 2.44 bits per heavy atom. The molecule has 0 radical (unpaired) electrons. The van der Waals surface area contributed by atoms with Crippen molar-refractivity contribution in [1.29, 1.82) is 0 Å². The molecule has 2 atom stereocenters. The number of hydrogen-bond donors (Lipinski definition) is 1. The summed E-state index contributed by atoms with van der Waals surface area (Å²) in [6.45, 7) is 0. The van der Waals surface area contributed by atoms with Gasteiger partial charge in [0.05, 0.1) is 23.1 Å². The lowest BCUT2D eigenvalue weighted by atomic mass is 9.81. The number of benzene rings is 1. The summed E-state index contributed by atoms with van der Waals surface area (Å²) in [7, 11) is 0. The van der Waals surface area contributed by atoms with E-state index in [4.69, 9.17) is 0 Å². The standard InChI is InChI=1S/C18H17N3O3S/c22-15(20-18-19-9-10-25-18)13-7-3-4-8-14(13)21-16(23)11-5-1-2-6-12(11)17(21)24/h3-4,7-12H,1-2,5-6H2,(H,19,20,22). The van der Waals surface area contributed by atoms with E-state index in [0.29, 0.717) is 16.4 Å². The highest BCUT2D eigenvalue weighted by atomic mass is 32.1.